The quantitative estimate of drug-likeness (QED) is 0.282. The zero-order valence-corrected chi connectivity index (χ0v) is 20.4. The Morgan fingerprint density at radius 2 is 2.04 bits per heavy atom. The van der Waals surface area contributed by atoms with Crippen LogP contribution in [-0.2, 0) is 17.6 Å². The Kier molecular flexibility index (Phi) is 7.09. The van der Waals surface area contributed by atoms with Crippen LogP contribution in [0.1, 0.15) is 36.0 Å². The van der Waals surface area contributed by atoms with Gasteiger partial charge in [0.25, 0.3) is 0 Å². The van der Waals surface area contributed by atoms with Crippen molar-refractivity contribution in [2.75, 3.05) is 16.8 Å². The number of rotatable bonds is 7. The molecule has 0 saturated carbocycles. The summed E-state index contributed by atoms with van der Waals surface area (Å²) in [6, 6.07) is 5.72. The summed E-state index contributed by atoms with van der Waals surface area (Å²) in [4.78, 5) is 3.94. The summed E-state index contributed by atoms with van der Waals surface area (Å²) in [5.41, 5.74) is 0.981. The Bertz CT molecular complexity index is 832. The van der Waals surface area contributed by atoms with Crippen LogP contribution in [0.2, 0.25) is 0 Å². The molecule has 9 heteroatoms. The van der Waals surface area contributed by atoms with Crippen molar-refractivity contribution < 1.29 is 39.1 Å². The first-order valence-electron chi connectivity index (χ1n) is 8.78. The topological polar surface area (TPSA) is 27.1 Å². The van der Waals surface area contributed by atoms with Gasteiger partial charge in [0.15, 0.2) is 0 Å². The average molecular weight is 590 g/mol. The van der Waals surface area contributed by atoms with Gasteiger partial charge in [-0.2, -0.15) is 0 Å². The first-order valence-corrected chi connectivity index (χ1v) is 13.3. The Hall–Kier alpha value is -0.260. The molecule has 0 N–H and O–H groups in total. The number of imidazole rings is 1. The summed E-state index contributed by atoms with van der Waals surface area (Å²) >= 11 is 5.34. The monoisotopic (exact) mass is 589 g/mol. The summed E-state index contributed by atoms with van der Waals surface area (Å²) in [6.45, 7) is 6.89. The van der Waals surface area contributed by atoms with Crippen LogP contribution in [0, 0.1) is 0 Å². The zero-order chi connectivity index (χ0) is 20.5. The second kappa shape index (κ2) is 8.85. The van der Waals surface area contributed by atoms with Gasteiger partial charge in [0, 0.05) is 0 Å². The van der Waals surface area contributed by atoms with Gasteiger partial charge in [0.1, 0.15) is 0 Å². The van der Waals surface area contributed by atoms with Crippen LogP contribution in [0.5, 0.6) is 0 Å². The van der Waals surface area contributed by atoms with Crippen molar-refractivity contribution in [3.63, 3.8) is 0 Å². The maximum absolute atomic E-state index is 13.3. The van der Waals surface area contributed by atoms with E-state index >= 15 is 0 Å². The fraction of sp³-hybridized carbons (Fsp3) is 0.526. The molecule has 1 aliphatic heterocycles. The van der Waals surface area contributed by atoms with Crippen LogP contribution >= 0.6 is 27.7 Å². The molecule has 1 aromatic carbocycles. The molecule has 1 aliphatic rings. The molecule has 1 unspecified atom stereocenters. The van der Waals surface area contributed by atoms with E-state index in [-0.39, 0.29) is 32.7 Å². The van der Waals surface area contributed by atoms with Crippen LogP contribution in [0.3, 0.4) is 0 Å². The molecule has 0 amide bonds. The van der Waals surface area contributed by atoms with Crippen molar-refractivity contribution >= 4 is 27.7 Å². The Labute approximate surface area is 186 Å². The molecule has 3 nitrogen and oxygen atoms in total. The molecule has 1 aromatic heterocycles. The van der Waals surface area contributed by atoms with Crippen LogP contribution in [0.25, 0.3) is 11.4 Å². The summed E-state index contributed by atoms with van der Waals surface area (Å²) < 4.78 is 49.7. The first kappa shape index (κ1) is 22.4. The van der Waals surface area contributed by atoms with Gasteiger partial charge in [-0.3, -0.25) is 0 Å². The van der Waals surface area contributed by atoms with Gasteiger partial charge in [-0.05, 0) is 0 Å². The van der Waals surface area contributed by atoms with Crippen molar-refractivity contribution in [2.45, 2.75) is 42.3 Å². The van der Waals surface area contributed by atoms with Crippen molar-refractivity contribution in [3.05, 3.63) is 40.1 Å². The molecule has 3 rings (SSSR count). The van der Waals surface area contributed by atoms with E-state index in [0.29, 0.717) is 16.4 Å². The van der Waals surface area contributed by atoms with Crippen LogP contribution < -0.4 is 21.2 Å². The van der Waals surface area contributed by atoms with E-state index < -0.39 is 11.9 Å². The molecular formula is C19H22BrF3IN2OS-. The van der Waals surface area contributed by atoms with Crippen LogP contribution in [0.4, 0.5) is 13.2 Å². The van der Waals surface area contributed by atoms with Gasteiger partial charge in [-0.15, -0.1) is 0 Å². The molecule has 1 saturated heterocycles. The number of hydrogen-bond donors (Lipinski definition) is 0. The first-order chi connectivity index (χ1) is 13.0. The molecule has 0 radical (unpaired) electrons. The van der Waals surface area contributed by atoms with Gasteiger partial charge in [-0.1, -0.05) is 0 Å². The third kappa shape index (κ3) is 6.12. The van der Waals surface area contributed by atoms with E-state index in [9.17, 15) is 13.2 Å². The Balaban J connectivity index is 1.83. The molecule has 1 atom stereocenters. The average Bonchev–Trinajstić information content (AvgIpc) is 3.33. The molecule has 1 fully saturated rings. The number of aromatic nitrogens is 2. The number of thioether (sulfide) groups is 1. The molecule has 2 aromatic rings. The SMILES string of the molecule is CC(C)(C)SCCOCn1cc(C(F)(F)F)nc1-c1ccc(Br)cc1C1C[I-]1. The normalized spacial score (nSPS) is 17.5. The predicted octanol–water partition coefficient (Wildman–Crippen LogP) is 2.98. The molecule has 0 aliphatic carbocycles. The Morgan fingerprint density at radius 1 is 1.32 bits per heavy atom. The van der Waals surface area contributed by atoms with Gasteiger partial charge in [0.05, 0.1) is 0 Å². The molecule has 156 valence electrons. The molecule has 28 heavy (non-hydrogen) atoms. The van der Waals surface area contributed by atoms with Crippen molar-refractivity contribution in [1.82, 2.24) is 9.55 Å². The summed E-state index contributed by atoms with van der Waals surface area (Å²) in [5, 5.41) is 0. The van der Waals surface area contributed by atoms with E-state index in [0.717, 1.165) is 32.0 Å². The molecule has 0 bridgehead atoms. The van der Waals surface area contributed by atoms with Gasteiger partial charge < -0.3 is 0 Å². The minimum atomic E-state index is -4.48. The van der Waals surface area contributed by atoms with Crippen molar-refractivity contribution in [3.8, 4) is 11.4 Å². The summed E-state index contributed by atoms with van der Waals surface area (Å²) in [7, 11) is 0. The van der Waals surface area contributed by atoms with Gasteiger partial charge >= 0.3 is 187 Å². The van der Waals surface area contributed by atoms with E-state index in [1.807, 2.05) is 18.2 Å². The number of benzene rings is 1. The van der Waals surface area contributed by atoms with E-state index in [4.69, 9.17) is 4.74 Å². The fourth-order valence-electron chi connectivity index (χ4n) is 2.64. The number of alkyl halides is 5. The summed E-state index contributed by atoms with van der Waals surface area (Å²) in [5.74, 6) is 1.12. The maximum atomic E-state index is 13.3. The predicted molar refractivity (Wildman–Crippen MR) is 106 cm³/mol. The standard InChI is InChI=1S/C19H22BrF3IN2OS/c1-18(2,3)28-7-6-27-11-26-10-16(19(21,22)23)25-17(26)13-5-4-12(20)8-14(13)15-9-24-15/h4-5,8,10,15H,6-7,9,11H2,1-3H3/q-1. The van der Waals surface area contributed by atoms with Gasteiger partial charge in [-0.25, -0.2) is 0 Å². The third-order valence-corrected chi connectivity index (χ3v) is 8.12. The number of halogens is 5. The second-order valence-electron chi connectivity index (χ2n) is 7.42. The molecule has 0 spiro atoms. The molecule has 2 heterocycles. The molecular weight excluding hydrogens is 568 g/mol. The minimum absolute atomic E-state index is 0.0539. The van der Waals surface area contributed by atoms with E-state index in [2.05, 4.69) is 41.7 Å². The summed E-state index contributed by atoms with van der Waals surface area (Å²) in [6.07, 6.45) is -3.43. The van der Waals surface area contributed by atoms with Crippen molar-refractivity contribution in [1.29, 1.82) is 0 Å². The second-order valence-corrected chi connectivity index (χ2v) is 13.5. The van der Waals surface area contributed by atoms with Gasteiger partial charge in [0.2, 0.25) is 0 Å². The van der Waals surface area contributed by atoms with E-state index in [1.165, 1.54) is 4.57 Å². The third-order valence-electron chi connectivity index (χ3n) is 3.96. The van der Waals surface area contributed by atoms with Crippen molar-refractivity contribution in [2.24, 2.45) is 0 Å². The van der Waals surface area contributed by atoms with Crippen LogP contribution in [0.15, 0.2) is 28.9 Å². The number of hydrogen-bond acceptors (Lipinski definition) is 3. The number of ether oxygens (including phenoxy) is 1. The zero-order valence-electron chi connectivity index (χ0n) is 15.8. The number of nitrogens with zero attached hydrogens (tertiary/aromatic N) is 2. The fourth-order valence-corrected chi connectivity index (χ4v) is 5.55. The van der Waals surface area contributed by atoms with Crippen LogP contribution in [-0.4, -0.2) is 31.1 Å². The van der Waals surface area contributed by atoms with E-state index in [1.54, 1.807) is 11.8 Å². The Morgan fingerprint density at radius 3 is 2.64 bits per heavy atom.